The average Bonchev–Trinajstić information content (AvgIpc) is 3.22. The van der Waals surface area contributed by atoms with E-state index in [2.05, 4.69) is 107 Å². The van der Waals surface area contributed by atoms with Crippen LogP contribution in [0, 0.1) is 5.92 Å². The van der Waals surface area contributed by atoms with Gasteiger partial charge in [-0.25, -0.2) is 0 Å². The van der Waals surface area contributed by atoms with E-state index in [4.69, 9.17) is 4.74 Å². The minimum absolute atomic E-state index is 0.359. The zero-order valence-corrected chi connectivity index (χ0v) is 19.4. The Bertz CT molecular complexity index is 912. The van der Waals surface area contributed by atoms with Crippen LogP contribution in [0.3, 0.4) is 0 Å². The zero-order valence-electron chi connectivity index (χ0n) is 16.6. The van der Waals surface area contributed by atoms with Crippen LogP contribution in [-0.2, 0) is 4.74 Å². The topological polar surface area (TPSA) is 9.23 Å². The molecule has 0 bridgehead atoms. The van der Waals surface area contributed by atoms with Gasteiger partial charge >= 0.3 is 178 Å². The van der Waals surface area contributed by atoms with Crippen molar-refractivity contribution in [3.8, 4) is 0 Å². The molecule has 1 fully saturated rings. The molecule has 1 heterocycles. The Kier molecular flexibility index (Phi) is 5.43. The van der Waals surface area contributed by atoms with Gasteiger partial charge in [-0.05, 0) is 0 Å². The van der Waals surface area contributed by atoms with E-state index in [0.29, 0.717) is 12.0 Å². The number of rotatable bonds is 4. The fourth-order valence-corrected chi connectivity index (χ4v) is 17.7. The summed E-state index contributed by atoms with van der Waals surface area (Å²) in [6, 6.07) is 33.6. The molecule has 0 N–H and O–H groups in total. The van der Waals surface area contributed by atoms with Gasteiger partial charge in [0.15, 0.2) is 0 Å². The molecule has 1 aliphatic carbocycles. The van der Waals surface area contributed by atoms with Crippen molar-refractivity contribution in [1.82, 2.24) is 0 Å². The first-order valence-corrected chi connectivity index (χ1v) is 16.5. The van der Waals surface area contributed by atoms with Crippen molar-refractivity contribution >= 4 is 29.1 Å². The number of benzene rings is 3. The number of fused-ring (bicyclic) bond motifs is 1. The number of hydrogen-bond acceptors (Lipinski definition) is 1. The molecule has 2 aliphatic rings. The molecule has 1 aliphatic heterocycles. The van der Waals surface area contributed by atoms with Crippen LogP contribution in [0.25, 0.3) is 0 Å². The quantitative estimate of drug-likeness (QED) is 0.402. The minimum atomic E-state index is -3.36. The van der Waals surface area contributed by atoms with Gasteiger partial charge in [0.2, 0.25) is 0 Å². The van der Waals surface area contributed by atoms with Gasteiger partial charge in [0.05, 0.1) is 0 Å². The molecule has 0 aromatic heterocycles. The number of hydrogen-bond donors (Lipinski definition) is 0. The summed E-state index contributed by atoms with van der Waals surface area (Å²) in [4.78, 5) is 0. The maximum atomic E-state index is 6.24. The Morgan fingerprint density at radius 2 is 1.24 bits per heavy atom. The second kappa shape index (κ2) is 8.33. The number of allylic oxidation sites excluding steroid dienone is 1. The van der Waals surface area contributed by atoms with Crippen molar-refractivity contribution in [1.29, 1.82) is 0 Å². The zero-order chi connectivity index (χ0) is 19.5. The molecule has 1 saturated heterocycles. The van der Waals surface area contributed by atoms with E-state index in [1.54, 1.807) is 0 Å². The van der Waals surface area contributed by atoms with E-state index in [1.165, 1.54) is 16.3 Å². The summed E-state index contributed by atoms with van der Waals surface area (Å²) in [6.45, 7) is 0.769. The van der Waals surface area contributed by atoms with Crippen molar-refractivity contribution < 1.29 is 4.74 Å². The van der Waals surface area contributed by atoms with Crippen LogP contribution in [0.15, 0.2) is 113 Å². The van der Waals surface area contributed by atoms with Crippen LogP contribution < -0.4 is 10.7 Å². The first-order chi connectivity index (χ1) is 14.4. The van der Waals surface area contributed by atoms with Gasteiger partial charge in [0, 0.05) is 0 Å². The van der Waals surface area contributed by atoms with E-state index in [-0.39, 0.29) is 0 Å². The third-order valence-corrected chi connectivity index (χ3v) is 19.3. The summed E-state index contributed by atoms with van der Waals surface area (Å²) in [5, 5.41) is 0. The SMILES string of the molecule is C1=CC2/C(=[CH]/[Sn]([c]3ccccc3)([c]3ccccc3)[c]3ccccc3)COC2CC1. The molecule has 0 saturated carbocycles. The fraction of sp³-hybridized carbons (Fsp3) is 0.185. The van der Waals surface area contributed by atoms with Gasteiger partial charge in [-0.2, -0.15) is 0 Å². The van der Waals surface area contributed by atoms with Gasteiger partial charge in [0.25, 0.3) is 0 Å². The average molecular weight is 485 g/mol. The third kappa shape index (κ3) is 3.51. The van der Waals surface area contributed by atoms with Crippen LogP contribution in [-0.4, -0.2) is 31.1 Å². The predicted octanol–water partition coefficient (Wildman–Crippen LogP) is 3.99. The maximum absolute atomic E-state index is 6.24. The molecule has 3 aromatic rings. The molecular formula is C27H26OSn. The van der Waals surface area contributed by atoms with Crippen LogP contribution in [0.1, 0.15) is 12.8 Å². The molecule has 1 nitrogen and oxygen atoms in total. The van der Waals surface area contributed by atoms with E-state index in [0.717, 1.165) is 19.4 Å². The van der Waals surface area contributed by atoms with Crippen LogP contribution in [0.5, 0.6) is 0 Å². The normalized spacial score (nSPS) is 22.6. The molecule has 2 heteroatoms. The Morgan fingerprint density at radius 1 is 0.724 bits per heavy atom. The fourth-order valence-electron chi connectivity index (χ4n) is 4.92. The summed E-state index contributed by atoms with van der Waals surface area (Å²) in [5.41, 5.74) is 1.48. The van der Waals surface area contributed by atoms with Crippen molar-refractivity contribution in [2.75, 3.05) is 6.61 Å². The van der Waals surface area contributed by atoms with Crippen LogP contribution in [0.2, 0.25) is 0 Å². The molecule has 144 valence electrons. The van der Waals surface area contributed by atoms with Crippen molar-refractivity contribution in [3.05, 3.63) is 113 Å². The van der Waals surface area contributed by atoms with Gasteiger partial charge < -0.3 is 0 Å². The Morgan fingerprint density at radius 3 is 1.76 bits per heavy atom. The van der Waals surface area contributed by atoms with E-state index < -0.39 is 18.4 Å². The second-order valence-corrected chi connectivity index (χ2v) is 18.4. The van der Waals surface area contributed by atoms with E-state index in [1.807, 2.05) is 0 Å². The van der Waals surface area contributed by atoms with Crippen LogP contribution in [0.4, 0.5) is 0 Å². The van der Waals surface area contributed by atoms with Crippen molar-refractivity contribution in [3.63, 3.8) is 0 Å². The Hall–Kier alpha value is -2.10. The van der Waals surface area contributed by atoms with E-state index in [9.17, 15) is 0 Å². The first-order valence-electron chi connectivity index (χ1n) is 10.5. The summed E-state index contributed by atoms with van der Waals surface area (Å²) in [6.07, 6.45) is 7.37. The van der Waals surface area contributed by atoms with Crippen molar-refractivity contribution in [2.24, 2.45) is 5.92 Å². The molecule has 29 heavy (non-hydrogen) atoms. The van der Waals surface area contributed by atoms with Crippen LogP contribution >= 0.6 is 0 Å². The molecule has 0 radical (unpaired) electrons. The van der Waals surface area contributed by atoms with Gasteiger partial charge in [-0.3, -0.25) is 0 Å². The summed E-state index contributed by atoms with van der Waals surface area (Å²) < 4.78 is 13.4. The van der Waals surface area contributed by atoms with Gasteiger partial charge in [-0.15, -0.1) is 0 Å². The molecule has 0 amide bonds. The van der Waals surface area contributed by atoms with Crippen molar-refractivity contribution in [2.45, 2.75) is 18.9 Å². The van der Waals surface area contributed by atoms with Gasteiger partial charge in [0.1, 0.15) is 0 Å². The monoisotopic (exact) mass is 486 g/mol. The molecule has 5 rings (SSSR count). The predicted molar refractivity (Wildman–Crippen MR) is 124 cm³/mol. The molecule has 2 unspecified atom stereocenters. The molecular weight excluding hydrogens is 459 g/mol. The molecule has 0 spiro atoms. The van der Waals surface area contributed by atoms with Gasteiger partial charge in [-0.1, -0.05) is 0 Å². The molecule has 2 atom stereocenters. The summed E-state index contributed by atoms with van der Waals surface area (Å²) in [5.74, 6) is 0.441. The Labute approximate surface area is 177 Å². The number of ether oxygens (including phenoxy) is 1. The Balaban J connectivity index is 1.78. The summed E-state index contributed by atoms with van der Waals surface area (Å²) in [7, 11) is 0. The first kappa shape index (κ1) is 18.9. The van der Waals surface area contributed by atoms with E-state index >= 15 is 0 Å². The molecule has 3 aromatic carbocycles. The third-order valence-electron chi connectivity index (χ3n) is 6.34. The summed E-state index contributed by atoms with van der Waals surface area (Å²) >= 11 is -3.36. The second-order valence-electron chi connectivity index (χ2n) is 8.01. The standard InChI is InChI=1S/C9H11O.3C6H5.Sn/c1-7-6-10-9-5-3-2-4-8(7)9;3*1-2-4-6-5-3-1;/h1-2,4,8-9H,3,5-6H2;3*1-5H;.